The number of thioether (sulfide) groups is 1. The Hall–Kier alpha value is -1.23. The van der Waals surface area contributed by atoms with Crippen LogP contribution in [0.4, 0.5) is 5.69 Å². The van der Waals surface area contributed by atoms with E-state index in [-0.39, 0.29) is 5.91 Å². The van der Waals surface area contributed by atoms with Gasteiger partial charge in [-0.15, -0.1) is 11.8 Å². The molecule has 0 saturated carbocycles. The molecule has 0 atom stereocenters. The number of hydrogen-bond acceptors (Lipinski definition) is 3. The third kappa shape index (κ3) is 4.71. The lowest BCUT2D eigenvalue weighted by molar-refractivity contribution is -0.115. The molecule has 104 valence electrons. The molecule has 6 heteroatoms. The van der Waals surface area contributed by atoms with Gasteiger partial charge in [0.25, 0.3) is 0 Å². The number of nitrogens with zero attached hydrogens (tertiary/aromatic N) is 1. The van der Waals surface area contributed by atoms with Crippen molar-refractivity contribution in [3.63, 3.8) is 0 Å². The van der Waals surface area contributed by atoms with Gasteiger partial charge in [0.05, 0.1) is 15.7 Å². The molecular formula is C14H12Cl2N2OS. The first-order valence-corrected chi connectivity index (χ1v) is 7.68. The molecule has 0 spiro atoms. The molecule has 0 fully saturated rings. The number of carbonyl (C=O) groups is 1. The highest BCUT2D eigenvalue weighted by Gasteiger charge is 2.07. The van der Waals surface area contributed by atoms with Gasteiger partial charge in [0, 0.05) is 23.4 Å². The highest BCUT2D eigenvalue weighted by Crippen LogP contribution is 2.25. The number of benzene rings is 1. The van der Waals surface area contributed by atoms with Crippen molar-refractivity contribution >= 4 is 46.6 Å². The van der Waals surface area contributed by atoms with Crippen LogP contribution < -0.4 is 5.32 Å². The summed E-state index contributed by atoms with van der Waals surface area (Å²) in [6, 6.07) is 10.7. The smallest absolute Gasteiger partial charge is 0.225 e. The predicted octanol–water partition coefficient (Wildman–Crippen LogP) is 4.51. The van der Waals surface area contributed by atoms with E-state index in [1.54, 1.807) is 24.4 Å². The minimum Gasteiger partial charge on any atom is -0.325 e. The van der Waals surface area contributed by atoms with Crippen molar-refractivity contribution in [2.75, 3.05) is 11.1 Å². The van der Waals surface area contributed by atoms with Crippen molar-refractivity contribution in [3.8, 4) is 0 Å². The zero-order valence-electron chi connectivity index (χ0n) is 10.5. The summed E-state index contributed by atoms with van der Waals surface area (Å²) in [5, 5.41) is 4.66. The van der Waals surface area contributed by atoms with Crippen LogP contribution in [-0.4, -0.2) is 16.6 Å². The van der Waals surface area contributed by atoms with E-state index in [1.165, 1.54) is 11.8 Å². The standard InChI is InChI=1S/C14H12Cl2N2OS/c15-10-4-5-11(16)12(9-10)18-13(19)6-8-20-14-3-1-2-7-17-14/h1-5,7,9H,6,8H2,(H,18,19). The predicted molar refractivity (Wildman–Crippen MR) is 84.7 cm³/mol. The molecule has 20 heavy (non-hydrogen) atoms. The number of anilines is 1. The Morgan fingerprint density at radius 2 is 2.10 bits per heavy atom. The minimum absolute atomic E-state index is 0.0994. The summed E-state index contributed by atoms with van der Waals surface area (Å²) in [5.74, 6) is 0.554. The largest absolute Gasteiger partial charge is 0.325 e. The summed E-state index contributed by atoms with van der Waals surface area (Å²) in [5.41, 5.74) is 0.534. The van der Waals surface area contributed by atoms with Gasteiger partial charge >= 0.3 is 0 Å². The van der Waals surface area contributed by atoms with E-state index in [0.29, 0.717) is 27.9 Å². The lowest BCUT2D eigenvalue weighted by Gasteiger charge is -2.07. The topological polar surface area (TPSA) is 42.0 Å². The average Bonchev–Trinajstić information content (AvgIpc) is 2.44. The number of hydrogen-bond donors (Lipinski definition) is 1. The zero-order valence-corrected chi connectivity index (χ0v) is 12.8. The summed E-state index contributed by atoms with van der Waals surface area (Å²) < 4.78 is 0. The van der Waals surface area contributed by atoms with E-state index < -0.39 is 0 Å². The molecule has 2 rings (SSSR count). The van der Waals surface area contributed by atoms with Crippen molar-refractivity contribution in [1.82, 2.24) is 4.98 Å². The van der Waals surface area contributed by atoms with Crippen LogP contribution in [0.3, 0.4) is 0 Å². The Morgan fingerprint density at radius 1 is 1.25 bits per heavy atom. The van der Waals surface area contributed by atoms with E-state index in [0.717, 1.165) is 5.03 Å². The van der Waals surface area contributed by atoms with Gasteiger partial charge in [-0.05, 0) is 30.3 Å². The molecule has 0 radical (unpaired) electrons. The molecule has 3 nitrogen and oxygen atoms in total. The highest BCUT2D eigenvalue weighted by atomic mass is 35.5. The summed E-state index contributed by atoms with van der Waals surface area (Å²) in [7, 11) is 0. The Bertz CT molecular complexity index is 593. The average molecular weight is 327 g/mol. The summed E-state index contributed by atoms with van der Waals surface area (Å²) in [6.07, 6.45) is 2.11. The second-order valence-corrected chi connectivity index (χ2v) is 5.90. The van der Waals surface area contributed by atoms with Crippen molar-refractivity contribution in [2.45, 2.75) is 11.4 Å². The number of nitrogens with one attached hydrogen (secondary N) is 1. The lowest BCUT2D eigenvalue weighted by atomic mass is 10.3. The third-order valence-electron chi connectivity index (χ3n) is 2.42. The molecule has 0 saturated heterocycles. The van der Waals surface area contributed by atoms with Crippen LogP contribution in [-0.2, 0) is 4.79 Å². The fourth-order valence-corrected chi connectivity index (χ4v) is 2.63. The van der Waals surface area contributed by atoms with Crippen LogP contribution in [0.5, 0.6) is 0 Å². The number of rotatable bonds is 5. The van der Waals surface area contributed by atoms with E-state index in [4.69, 9.17) is 23.2 Å². The maximum absolute atomic E-state index is 11.8. The number of carbonyl (C=O) groups excluding carboxylic acids is 1. The Morgan fingerprint density at radius 3 is 2.85 bits per heavy atom. The molecule has 0 unspecified atom stereocenters. The summed E-state index contributed by atoms with van der Waals surface area (Å²) in [6.45, 7) is 0. The Balaban J connectivity index is 1.82. The van der Waals surface area contributed by atoms with Gasteiger partial charge in [0.15, 0.2) is 0 Å². The van der Waals surface area contributed by atoms with Crippen molar-refractivity contribution in [1.29, 1.82) is 0 Å². The van der Waals surface area contributed by atoms with Gasteiger partial charge in [0.2, 0.25) is 5.91 Å². The molecule has 1 N–H and O–H groups in total. The van der Waals surface area contributed by atoms with Crippen molar-refractivity contribution in [3.05, 3.63) is 52.6 Å². The first-order valence-electron chi connectivity index (χ1n) is 5.94. The maximum Gasteiger partial charge on any atom is 0.225 e. The number of aromatic nitrogens is 1. The van der Waals surface area contributed by atoms with Gasteiger partial charge in [0.1, 0.15) is 0 Å². The molecule has 2 aromatic rings. The Labute approximate surface area is 131 Å². The van der Waals surface area contributed by atoms with E-state index in [2.05, 4.69) is 10.3 Å². The van der Waals surface area contributed by atoms with Gasteiger partial charge in [-0.25, -0.2) is 4.98 Å². The molecule has 0 aliphatic rings. The monoisotopic (exact) mass is 326 g/mol. The molecule has 0 aliphatic carbocycles. The first kappa shape index (κ1) is 15.2. The van der Waals surface area contributed by atoms with Crippen molar-refractivity contribution < 1.29 is 4.79 Å². The normalized spacial score (nSPS) is 10.3. The summed E-state index contributed by atoms with van der Waals surface area (Å²) >= 11 is 13.4. The van der Waals surface area contributed by atoms with E-state index in [1.807, 2.05) is 18.2 Å². The lowest BCUT2D eigenvalue weighted by Crippen LogP contribution is -2.12. The third-order valence-corrected chi connectivity index (χ3v) is 3.93. The number of amides is 1. The van der Waals surface area contributed by atoms with Crippen LogP contribution in [0.1, 0.15) is 6.42 Å². The number of pyridine rings is 1. The SMILES string of the molecule is O=C(CCSc1ccccn1)Nc1cc(Cl)ccc1Cl. The van der Waals surface area contributed by atoms with Gasteiger partial charge in [-0.3, -0.25) is 4.79 Å². The van der Waals surface area contributed by atoms with Crippen LogP contribution in [0.2, 0.25) is 10.0 Å². The fraction of sp³-hybridized carbons (Fsp3) is 0.143. The van der Waals surface area contributed by atoms with Crippen LogP contribution >= 0.6 is 35.0 Å². The zero-order chi connectivity index (χ0) is 14.4. The second-order valence-electron chi connectivity index (χ2n) is 3.94. The quantitative estimate of drug-likeness (QED) is 0.822. The van der Waals surface area contributed by atoms with Gasteiger partial charge < -0.3 is 5.32 Å². The number of halogens is 2. The molecule has 1 heterocycles. The highest BCUT2D eigenvalue weighted by molar-refractivity contribution is 7.99. The van der Waals surface area contributed by atoms with Gasteiger partial charge in [-0.1, -0.05) is 29.3 Å². The van der Waals surface area contributed by atoms with E-state index >= 15 is 0 Å². The van der Waals surface area contributed by atoms with E-state index in [9.17, 15) is 4.79 Å². The molecule has 0 aliphatic heterocycles. The molecule has 1 amide bonds. The molecule has 1 aromatic carbocycles. The summed E-state index contributed by atoms with van der Waals surface area (Å²) in [4.78, 5) is 16.0. The molecular weight excluding hydrogens is 315 g/mol. The fourth-order valence-electron chi connectivity index (χ4n) is 1.49. The van der Waals surface area contributed by atoms with Crippen LogP contribution in [0, 0.1) is 0 Å². The van der Waals surface area contributed by atoms with Gasteiger partial charge in [-0.2, -0.15) is 0 Å². The van der Waals surface area contributed by atoms with Crippen LogP contribution in [0.15, 0.2) is 47.6 Å². The minimum atomic E-state index is -0.0994. The van der Waals surface area contributed by atoms with Crippen molar-refractivity contribution in [2.24, 2.45) is 0 Å². The molecule has 1 aromatic heterocycles. The first-order chi connectivity index (χ1) is 9.65. The van der Waals surface area contributed by atoms with Crippen LogP contribution in [0.25, 0.3) is 0 Å². The maximum atomic E-state index is 11.8. The molecule has 0 bridgehead atoms. The Kier molecular flexibility index (Phi) is 5.71. The second kappa shape index (κ2) is 7.53.